The fourth-order valence-corrected chi connectivity index (χ4v) is 3.00. The number of fused-ring (bicyclic) bond motifs is 2. The summed E-state index contributed by atoms with van der Waals surface area (Å²) in [5.74, 6) is 0. The van der Waals surface area contributed by atoms with Crippen molar-refractivity contribution >= 4 is 32.8 Å². The maximum Gasteiger partial charge on any atom is 0.0329 e. The Morgan fingerprint density at radius 1 is 1.20 bits per heavy atom. The summed E-state index contributed by atoms with van der Waals surface area (Å²) in [7, 11) is 0. The summed E-state index contributed by atoms with van der Waals surface area (Å²) in [6.07, 6.45) is 3.38. The van der Waals surface area contributed by atoms with Crippen LogP contribution in [-0.2, 0) is 6.42 Å². The zero-order valence-electron chi connectivity index (χ0n) is 8.55. The van der Waals surface area contributed by atoms with Gasteiger partial charge in [0.2, 0.25) is 0 Å². The monoisotopic (exact) mass is 258 g/mol. The zero-order chi connectivity index (χ0) is 10.4. The first-order valence-corrected chi connectivity index (χ1v) is 5.92. The minimum absolute atomic E-state index is 1.10. The van der Waals surface area contributed by atoms with E-state index in [-0.39, 0.29) is 0 Å². The predicted octanol–water partition coefficient (Wildman–Crippen LogP) is 4.56. The molecule has 0 saturated carbocycles. The Labute approximate surface area is 97.7 Å². The molecule has 0 unspecified atom stereocenters. The molecule has 0 amide bonds. The van der Waals surface area contributed by atoms with Crippen molar-refractivity contribution in [2.75, 3.05) is 0 Å². The Balaban J connectivity index is 2.41. The summed E-state index contributed by atoms with van der Waals surface area (Å²) in [4.78, 5) is 0. The molecule has 0 N–H and O–H groups in total. The number of hydrogen-bond donors (Lipinski definition) is 0. The van der Waals surface area contributed by atoms with Gasteiger partial charge in [0, 0.05) is 4.47 Å². The molecule has 15 heavy (non-hydrogen) atoms. The SMILES string of the molecule is CC1=Cc2c(cc3ccccc3c2Br)C1. The molecule has 0 aromatic heterocycles. The van der Waals surface area contributed by atoms with E-state index in [9.17, 15) is 0 Å². The number of benzene rings is 2. The molecular formula is C14H11Br. The Hall–Kier alpha value is -1.08. The summed E-state index contributed by atoms with van der Waals surface area (Å²) in [6.45, 7) is 2.19. The number of hydrogen-bond acceptors (Lipinski definition) is 0. The quantitative estimate of drug-likeness (QED) is 0.650. The summed E-state index contributed by atoms with van der Waals surface area (Å²) >= 11 is 3.72. The van der Waals surface area contributed by atoms with Gasteiger partial charge in [-0.25, -0.2) is 0 Å². The van der Waals surface area contributed by atoms with E-state index in [0.717, 1.165) is 6.42 Å². The predicted molar refractivity (Wildman–Crippen MR) is 69.0 cm³/mol. The molecular weight excluding hydrogens is 248 g/mol. The third kappa shape index (κ3) is 1.34. The first kappa shape index (κ1) is 9.17. The molecule has 0 heterocycles. The zero-order valence-corrected chi connectivity index (χ0v) is 10.1. The minimum Gasteiger partial charge on any atom is -0.0683 e. The molecule has 0 atom stereocenters. The molecule has 0 bridgehead atoms. The molecule has 1 aliphatic rings. The Bertz CT molecular complexity index is 579. The molecule has 1 aliphatic carbocycles. The van der Waals surface area contributed by atoms with Gasteiger partial charge in [0.05, 0.1) is 0 Å². The smallest absolute Gasteiger partial charge is 0.0329 e. The van der Waals surface area contributed by atoms with Crippen molar-refractivity contribution in [2.45, 2.75) is 13.3 Å². The van der Waals surface area contributed by atoms with Crippen molar-refractivity contribution in [3.63, 3.8) is 0 Å². The Kier molecular flexibility index (Phi) is 1.96. The van der Waals surface area contributed by atoms with Gasteiger partial charge in [0.15, 0.2) is 0 Å². The van der Waals surface area contributed by atoms with Gasteiger partial charge in [-0.1, -0.05) is 42.0 Å². The van der Waals surface area contributed by atoms with Gasteiger partial charge < -0.3 is 0 Å². The third-order valence-electron chi connectivity index (χ3n) is 2.97. The van der Waals surface area contributed by atoms with E-state index >= 15 is 0 Å². The van der Waals surface area contributed by atoms with Crippen LogP contribution < -0.4 is 0 Å². The molecule has 0 radical (unpaired) electrons. The van der Waals surface area contributed by atoms with Crippen molar-refractivity contribution in [3.05, 3.63) is 51.5 Å². The second kappa shape index (κ2) is 3.21. The Morgan fingerprint density at radius 3 is 2.87 bits per heavy atom. The number of rotatable bonds is 0. The molecule has 0 nitrogen and oxygen atoms in total. The highest BCUT2D eigenvalue weighted by atomic mass is 79.9. The van der Waals surface area contributed by atoms with E-state index in [1.807, 2.05) is 0 Å². The van der Waals surface area contributed by atoms with Crippen LogP contribution in [0.1, 0.15) is 18.1 Å². The van der Waals surface area contributed by atoms with E-state index < -0.39 is 0 Å². The third-order valence-corrected chi connectivity index (χ3v) is 3.82. The van der Waals surface area contributed by atoms with E-state index in [4.69, 9.17) is 0 Å². The standard InChI is InChI=1S/C14H11Br/c1-9-6-11-8-10-4-2-3-5-12(10)14(15)13(11)7-9/h2-5,7-8H,6H2,1H3. The molecule has 2 aromatic rings. The largest absolute Gasteiger partial charge is 0.0683 e. The van der Waals surface area contributed by atoms with Gasteiger partial charge >= 0.3 is 0 Å². The van der Waals surface area contributed by atoms with Gasteiger partial charge in [0.1, 0.15) is 0 Å². The van der Waals surface area contributed by atoms with Crippen molar-refractivity contribution < 1.29 is 0 Å². The fraction of sp³-hybridized carbons (Fsp3) is 0.143. The van der Waals surface area contributed by atoms with Crippen LogP contribution in [0.4, 0.5) is 0 Å². The number of halogens is 1. The second-order valence-electron chi connectivity index (χ2n) is 4.15. The molecule has 2 aromatic carbocycles. The van der Waals surface area contributed by atoms with Crippen LogP contribution in [0.25, 0.3) is 16.8 Å². The molecule has 1 heteroatoms. The second-order valence-corrected chi connectivity index (χ2v) is 4.94. The van der Waals surface area contributed by atoms with Crippen LogP contribution >= 0.6 is 15.9 Å². The van der Waals surface area contributed by atoms with Gasteiger partial charge in [-0.15, -0.1) is 0 Å². The molecule has 0 spiro atoms. The first-order chi connectivity index (χ1) is 7.25. The molecule has 0 saturated heterocycles. The first-order valence-electron chi connectivity index (χ1n) is 5.13. The maximum absolute atomic E-state index is 3.72. The van der Waals surface area contributed by atoms with Gasteiger partial charge in [-0.2, -0.15) is 0 Å². The van der Waals surface area contributed by atoms with Crippen LogP contribution in [0.3, 0.4) is 0 Å². The highest BCUT2D eigenvalue weighted by Crippen LogP contribution is 2.36. The average molecular weight is 259 g/mol. The minimum atomic E-state index is 1.10. The summed E-state index contributed by atoms with van der Waals surface area (Å²) in [6, 6.07) is 10.8. The Morgan fingerprint density at radius 2 is 2.00 bits per heavy atom. The normalized spacial score (nSPS) is 14.1. The highest BCUT2D eigenvalue weighted by molar-refractivity contribution is 9.10. The van der Waals surface area contributed by atoms with E-state index in [1.54, 1.807) is 0 Å². The fourth-order valence-electron chi connectivity index (χ4n) is 2.27. The summed E-state index contributed by atoms with van der Waals surface area (Å²) in [5, 5.41) is 2.63. The number of allylic oxidation sites excluding steroid dienone is 1. The summed E-state index contributed by atoms with van der Waals surface area (Å²) in [5.41, 5.74) is 4.25. The van der Waals surface area contributed by atoms with E-state index in [1.165, 1.54) is 31.9 Å². The summed E-state index contributed by atoms with van der Waals surface area (Å²) < 4.78 is 1.24. The molecule has 0 fully saturated rings. The van der Waals surface area contributed by atoms with E-state index in [2.05, 4.69) is 59.3 Å². The lowest BCUT2D eigenvalue weighted by Gasteiger charge is -2.06. The van der Waals surface area contributed by atoms with Crippen LogP contribution in [-0.4, -0.2) is 0 Å². The van der Waals surface area contributed by atoms with Crippen molar-refractivity contribution in [1.82, 2.24) is 0 Å². The average Bonchev–Trinajstić information content (AvgIpc) is 2.59. The van der Waals surface area contributed by atoms with Crippen molar-refractivity contribution in [2.24, 2.45) is 0 Å². The van der Waals surface area contributed by atoms with Gasteiger partial charge in [0.25, 0.3) is 0 Å². The molecule has 3 rings (SSSR count). The van der Waals surface area contributed by atoms with Gasteiger partial charge in [-0.3, -0.25) is 0 Å². The van der Waals surface area contributed by atoms with Crippen molar-refractivity contribution in [3.8, 4) is 0 Å². The highest BCUT2D eigenvalue weighted by Gasteiger charge is 2.14. The van der Waals surface area contributed by atoms with Crippen LogP contribution in [0.15, 0.2) is 40.4 Å². The topological polar surface area (TPSA) is 0 Å². The molecule has 0 aliphatic heterocycles. The van der Waals surface area contributed by atoms with Gasteiger partial charge in [-0.05, 0) is 51.2 Å². The van der Waals surface area contributed by atoms with Crippen LogP contribution in [0.2, 0.25) is 0 Å². The van der Waals surface area contributed by atoms with Crippen LogP contribution in [0, 0.1) is 0 Å². The lowest BCUT2D eigenvalue weighted by atomic mass is 10.0. The van der Waals surface area contributed by atoms with E-state index in [0.29, 0.717) is 0 Å². The van der Waals surface area contributed by atoms with Crippen LogP contribution in [0.5, 0.6) is 0 Å². The maximum atomic E-state index is 3.72. The lowest BCUT2D eigenvalue weighted by Crippen LogP contribution is -1.86. The lowest BCUT2D eigenvalue weighted by molar-refractivity contribution is 1.20. The molecule has 74 valence electrons. The van der Waals surface area contributed by atoms with Crippen molar-refractivity contribution in [1.29, 1.82) is 0 Å².